The Balaban J connectivity index is 1.68. The van der Waals surface area contributed by atoms with Crippen LogP contribution < -0.4 is 5.32 Å². The van der Waals surface area contributed by atoms with Gasteiger partial charge in [-0.25, -0.2) is 13.2 Å². The molecule has 0 saturated carbocycles. The zero-order valence-corrected chi connectivity index (χ0v) is 17.4. The Labute approximate surface area is 165 Å². The number of aryl methyl sites for hydroxylation is 2. The van der Waals surface area contributed by atoms with E-state index in [-0.39, 0.29) is 17.0 Å². The summed E-state index contributed by atoms with van der Waals surface area (Å²) in [5, 5.41) is 14.6. The zero-order valence-electron chi connectivity index (χ0n) is 16.6. The molecule has 0 spiro atoms. The third kappa shape index (κ3) is 3.73. The van der Waals surface area contributed by atoms with E-state index in [0.717, 1.165) is 0 Å². The molecule has 0 aliphatic carbocycles. The number of carbonyl (C=O) groups excluding carboxylic acids is 1. The predicted octanol–water partition coefficient (Wildman–Crippen LogP) is 2.01. The Morgan fingerprint density at radius 1 is 1.25 bits per heavy atom. The summed E-state index contributed by atoms with van der Waals surface area (Å²) in [5.74, 6) is -0.0562. The van der Waals surface area contributed by atoms with Gasteiger partial charge in [0.1, 0.15) is 0 Å². The molecule has 3 heterocycles. The standard InChI is InChI=1S/C18H26N6O3S/c1-13-11-16(23(4)22-13)28(26,27)18(2,3)14-6-9-24(10-7-14)17(25)21-15-5-8-19-20-12-15/h5,8,11-12,14H,6-7,9-10H2,1-4H3,(H,19,21,25). The summed E-state index contributed by atoms with van der Waals surface area (Å²) in [5.41, 5.74) is 1.26. The second kappa shape index (κ2) is 7.50. The van der Waals surface area contributed by atoms with Gasteiger partial charge in [0, 0.05) is 20.1 Å². The van der Waals surface area contributed by atoms with E-state index in [1.54, 1.807) is 44.9 Å². The number of likely N-dealkylation sites (tertiary alicyclic amines) is 1. The summed E-state index contributed by atoms with van der Waals surface area (Å²) in [6, 6.07) is 3.07. The van der Waals surface area contributed by atoms with E-state index < -0.39 is 14.6 Å². The van der Waals surface area contributed by atoms with E-state index in [9.17, 15) is 13.2 Å². The van der Waals surface area contributed by atoms with Crippen molar-refractivity contribution in [2.24, 2.45) is 13.0 Å². The van der Waals surface area contributed by atoms with Gasteiger partial charge in [0.2, 0.25) is 9.84 Å². The number of hydrogen-bond acceptors (Lipinski definition) is 6. The maximum absolute atomic E-state index is 13.3. The molecule has 2 amide bonds. The molecule has 0 aromatic carbocycles. The fraction of sp³-hybridized carbons (Fsp3) is 0.556. The van der Waals surface area contributed by atoms with Gasteiger partial charge in [-0.2, -0.15) is 15.3 Å². The molecule has 1 aliphatic rings. The largest absolute Gasteiger partial charge is 0.325 e. The Hall–Kier alpha value is -2.49. The summed E-state index contributed by atoms with van der Waals surface area (Å²) in [7, 11) is -1.92. The molecule has 3 rings (SSSR count). The van der Waals surface area contributed by atoms with Crippen molar-refractivity contribution in [2.75, 3.05) is 18.4 Å². The van der Waals surface area contributed by atoms with Gasteiger partial charge < -0.3 is 10.2 Å². The molecule has 152 valence electrons. The van der Waals surface area contributed by atoms with Crippen LogP contribution in [-0.4, -0.2) is 57.2 Å². The van der Waals surface area contributed by atoms with E-state index in [1.807, 2.05) is 0 Å². The van der Waals surface area contributed by atoms with Crippen LogP contribution in [0.25, 0.3) is 0 Å². The number of anilines is 1. The van der Waals surface area contributed by atoms with Crippen LogP contribution in [0.2, 0.25) is 0 Å². The Morgan fingerprint density at radius 2 is 1.93 bits per heavy atom. The number of carbonyl (C=O) groups is 1. The monoisotopic (exact) mass is 406 g/mol. The second-order valence-electron chi connectivity index (χ2n) is 7.68. The zero-order chi connectivity index (χ0) is 20.5. The fourth-order valence-electron chi connectivity index (χ4n) is 3.67. The number of nitrogens with zero attached hydrogens (tertiary/aromatic N) is 5. The van der Waals surface area contributed by atoms with Gasteiger partial charge in [0.15, 0.2) is 5.03 Å². The van der Waals surface area contributed by atoms with Crippen LogP contribution in [0, 0.1) is 12.8 Å². The molecular formula is C18H26N6O3S. The van der Waals surface area contributed by atoms with E-state index in [1.165, 1.54) is 17.1 Å². The molecule has 9 nitrogen and oxygen atoms in total. The fourth-order valence-corrected chi connectivity index (χ4v) is 5.60. The van der Waals surface area contributed by atoms with E-state index in [0.29, 0.717) is 37.3 Å². The molecule has 28 heavy (non-hydrogen) atoms. The van der Waals surface area contributed by atoms with E-state index in [2.05, 4.69) is 20.6 Å². The quantitative estimate of drug-likeness (QED) is 0.832. The molecule has 1 saturated heterocycles. The maximum Gasteiger partial charge on any atom is 0.321 e. The van der Waals surface area contributed by atoms with Crippen molar-refractivity contribution in [1.29, 1.82) is 0 Å². The molecule has 2 aromatic rings. The van der Waals surface area contributed by atoms with Crippen LogP contribution in [0.1, 0.15) is 32.4 Å². The highest BCUT2D eigenvalue weighted by Gasteiger charge is 2.45. The first-order valence-corrected chi connectivity index (χ1v) is 10.7. The number of hydrogen-bond donors (Lipinski definition) is 1. The predicted molar refractivity (Wildman–Crippen MR) is 105 cm³/mol. The van der Waals surface area contributed by atoms with Crippen molar-refractivity contribution in [3.8, 4) is 0 Å². The van der Waals surface area contributed by atoms with Crippen LogP contribution in [0.15, 0.2) is 29.6 Å². The van der Waals surface area contributed by atoms with Crippen molar-refractivity contribution >= 4 is 21.6 Å². The third-order valence-corrected chi connectivity index (χ3v) is 8.18. The van der Waals surface area contributed by atoms with Crippen molar-refractivity contribution in [3.05, 3.63) is 30.2 Å². The second-order valence-corrected chi connectivity index (χ2v) is 10.2. The van der Waals surface area contributed by atoms with Gasteiger partial charge in [0.05, 0.1) is 28.5 Å². The Morgan fingerprint density at radius 3 is 2.46 bits per heavy atom. The van der Waals surface area contributed by atoms with Crippen LogP contribution in [0.5, 0.6) is 0 Å². The highest BCUT2D eigenvalue weighted by Crippen LogP contribution is 2.38. The lowest BCUT2D eigenvalue weighted by Crippen LogP contribution is -2.48. The van der Waals surface area contributed by atoms with Gasteiger partial charge in [-0.1, -0.05) is 0 Å². The normalized spacial score (nSPS) is 16.2. The summed E-state index contributed by atoms with van der Waals surface area (Å²) < 4.78 is 27.0. The molecule has 1 aliphatic heterocycles. The van der Waals surface area contributed by atoms with Crippen molar-refractivity contribution in [3.63, 3.8) is 0 Å². The molecule has 0 bridgehead atoms. The summed E-state index contributed by atoms with van der Waals surface area (Å²) in [6.07, 6.45) is 4.22. The van der Waals surface area contributed by atoms with Gasteiger partial charge in [0.25, 0.3) is 0 Å². The molecule has 0 unspecified atom stereocenters. The number of sulfone groups is 1. The minimum atomic E-state index is -3.57. The molecule has 0 radical (unpaired) electrons. The first kappa shape index (κ1) is 20.2. The SMILES string of the molecule is Cc1cc(S(=O)(=O)C(C)(C)C2CCN(C(=O)Nc3ccnnc3)CC2)n(C)n1. The molecule has 1 N–H and O–H groups in total. The average molecular weight is 407 g/mol. The van der Waals surface area contributed by atoms with Crippen LogP contribution in [0.4, 0.5) is 10.5 Å². The number of rotatable bonds is 4. The highest BCUT2D eigenvalue weighted by molar-refractivity contribution is 7.92. The molecule has 0 atom stereocenters. The highest BCUT2D eigenvalue weighted by atomic mass is 32.2. The van der Waals surface area contributed by atoms with Crippen molar-refractivity contribution in [2.45, 2.75) is 43.4 Å². The minimum absolute atomic E-state index is 0.0562. The molecule has 2 aromatic heterocycles. The number of amides is 2. The van der Waals surface area contributed by atoms with Gasteiger partial charge in [-0.05, 0) is 51.7 Å². The lowest BCUT2D eigenvalue weighted by molar-refractivity contribution is 0.171. The Bertz CT molecular complexity index is 947. The molecule has 10 heteroatoms. The first-order valence-electron chi connectivity index (χ1n) is 9.21. The molecular weight excluding hydrogens is 380 g/mol. The lowest BCUT2D eigenvalue weighted by atomic mass is 9.86. The Kier molecular flexibility index (Phi) is 5.42. The van der Waals surface area contributed by atoms with E-state index >= 15 is 0 Å². The number of aromatic nitrogens is 4. The third-order valence-electron chi connectivity index (χ3n) is 5.53. The summed E-state index contributed by atoms with van der Waals surface area (Å²) >= 11 is 0. The first-order chi connectivity index (χ1) is 13.1. The smallest absolute Gasteiger partial charge is 0.321 e. The van der Waals surface area contributed by atoms with Crippen LogP contribution in [0.3, 0.4) is 0 Å². The van der Waals surface area contributed by atoms with Crippen LogP contribution >= 0.6 is 0 Å². The van der Waals surface area contributed by atoms with Gasteiger partial charge in [-0.15, -0.1) is 0 Å². The summed E-state index contributed by atoms with van der Waals surface area (Å²) in [6.45, 7) is 6.32. The average Bonchev–Trinajstić information content (AvgIpc) is 3.01. The van der Waals surface area contributed by atoms with Gasteiger partial charge in [-0.3, -0.25) is 4.68 Å². The number of nitrogens with one attached hydrogen (secondary N) is 1. The van der Waals surface area contributed by atoms with Crippen molar-refractivity contribution in [1.82, 2.24) is 24.9 Å². The summed E-state index contributed by atoms with van der Waals surface area (Å²) in [4.78, 5) is 14.1. The van der Waals surface area contributed by atoms with Crippen molar-refractivity contribution < 1.29 is 13.2 Å². The van der Waals surface area contributed by atoms with Gasteiger partial charge >= 0.3 is 6.03 Å². The number of piperidine rings is 1. The topological polar surface area (TPSA) is 110 Å². The minimum Gasteiger partial charge on any atom is -0.325 e. The lowest BCUT2D eigenvalue weighted by Gasteiger charge is -2.39. The maximum atomic E-state index is 13.3. The van der Waals surface area contributed by atoms with E-state index in [4.69, 9.17) is 0 Å². The van der Waals surface area contributed by atoms with Crippen LogP contribution in [-0.2, 0) is 16.9 Å². The molecule has 1 fully saturated rings. The number of urea groups is 1.